The van der Waals surface area contributed by atoms with Crippen LogP contribution in [-0.4, -0.2) is 69.0 Å². The molecule has 2 aromatic rings. The summed E-state index contributed by atoms with van der Waals surface area (Å²) in [5.41, 5.74) is -1.65. The van der Waals surface area contributed by atoms with E-state index in [2.05, 4.69) is 15.3 Å². The minimum absolute atomic E-state index is 0.0504. The molecule has 216 valence electrons. The Kier molecular flexibility index (Phi) is 7.91. The Bertz CT molecular complexity index is 1410. The highest BCUT2D eigenvalue weighted by molar-refractivity contribution is 6.31. The number of nitrogens with one attached hydrogen (secondary N) is 1. The van der Waals surface area contributed by atoms with Crippen LogP contribution in [0.25, 0.3) is 0 Å². The van der Waals surface area contributed by atoms with E-state index in [1.54, 1.807) is 0 Å². The zero-order chi connectivity index (χ0) is 29.6. The minimum atomic E-state index is -4.81. The molecule has 1 fully saturated rings. The maximum absolute atomic E-state index is 14.2. The monoisotopic (exact) mass is 593 g/mol. The number of halogens is 7. The van der Waals surface area contributed by atoms with Gasteiger partial charge in [-0.15, -0.1) is 0 Å². The van der Waals surface area contributed by atoms with E-state index in [1.807, 2.05) is 0 Å². The first-order valence-corrected chi connectivity index (χ1v) is 12.1. The summed E-state index contributed by atoms with van der Waals surface area (Å²) >= 11 is 6.26. The van der Waals surface area contributed by atoms with Crippen molar-refractivity contribution in [2.24, 2.45) is 12.0 Å². The summed E-state index contributed by atoms with van der Waals surface area (Å²) in [6, 6.07) is 0.115. The van der Waals surface area contributed by atoms with Crippen LogP contribution in [-0.2, 0) is 27.5 Å². The number of carbonyl (C=O) groups excluding carboxylic acids is 1. The summed E-state index contributed by atoms with van der Waals surface area (Å²) in [4.78, 5) is 33.8. The molecule has 2 N–H and O–H groups in total. The van der Waals surface area contributed by atoms with Crippen LogP contribution >= 0.6 is 11.6 Å². The van der Waals surface area contributed by atoms with Gasteiger partial charge in [0.1, 0.15) is 17.9 Å². The van der Waals surface area contributed by atoms with Crippen molar-refractivity contribution in [1.29, 1.82) is 0 Å². The number of alkyl halides is 5. The van der Waals surface area contributed by atoms with Gasteiger partial charge < -0.3 is 19.7 Å². The van der Waals surface area contributed by atoms with Gasteiger partial charge in [-0.1, -0.05) is 17.7 Å². The summed E-state index contributed by atoms with van der Waals surface area (Å²) in [6.07, 6.45) is -5.10. The number of nitrogens with zero attached hydrogens (tertiary/aromatic N) is 4. The van der Waals surface area contributed by atoms with Gasteiger partial charge in [0, 0.05) is 42.5 Å². The Morgan fingerprint density at radius 3 is 2.58 bits per heavy atom. The van der Waals surface area contributed by atoms with Crippen molar-refractivity contribution in [3.63, 3.8) is 0 Å². The fourth-order valence-corrected chi connectivity index (χ4v) is 4.82. The van der Waals surface area contributed by atoms with E-state index in [0.29, 0.717) is 6.20 Å². The number of benzene rings is 1. The van der Waals surface area contributed by atoms with Gasteiger partial charge >= 0.3 is 18.1 Å². The Labute approximate surface area is 228 Å². The quantitative estimate of drug-likeness (QED) is 0.370. The number of esters is 1. The van der Waals surface area contributed by atoms with Crippen LogP contribution in [0.2, 0.25) is 5.02 Å². The number of carboxylic acid groups (broad SMARTS) is 1. The highest BCUT2D eigenvalue weighted by Gasteiger charge is 2.49. The van der Waals surface area contributed by atoms with Crippen LogP contribution < -0.4 is 5.32 Å². The van der Waals surface area contributed by atoms with Crippen molar-refractivity contribution in [2.45, 2.75) is 37.5 Å². The number of imidazole rings is 1. The molecular formula is C24H22ClF6N5O4. The molecule has 16 heteroatoms. The van der Waals surface area contributed by atoms with E-state index >= 15 is 0 Å². The summed E-state index contributed by atoms with van der Waals surface area (Å²) in [5.74, 6) is -7.23. The number of amidine groups is 1. The highest BCUT2D eigenvalue weighted by Crippen LogP contribution is 2.39. The lowest BCUT2D eigenvalue weighted by Gasteiger charge is -2.30. The zero-order valence-electron chi connectivity index (χ0n) is 20.9. The van der Waals surface area contributed by atoms with Crippen molar-refractivity contribution in [1.82, 2.24) is 19.8 Å². The topological polar surface area (TPSA) is 109 Å². The van der Waals surface area contributed by atoms with E-state index in [1.165, 1.54) is 20.0 Å². The molecule has 0 radical (unpaired) electrons. The first-order chi connectivity index (χ1) is 18.6. The van der Waals surface area contributed by atoms with Gasteiger partial charge in [0.05, 0.1) is 18.7 Å². The van der Waals surface area contributed by atoms with E-state index in [4.69, 9.17) is 16.3 Å². The van der Waals surface area contributed by atoms with Gasteiger partial charge in [-0.2, -0.15) is 13.2 Å². The van der Waals surface area contributed by atoms with Crippen LogP contribution in [0.15, 0.2) is 40.7 Å². The summed E-state index contributed by atoms with van der Waals surface area (Å²) in [5, 5.41) is 12.0. The molecular weight excluding hydrogens is 572 g/mol. The molecule has 0 aliphatic carbocycles. The first-order valence-electron chi connectivity index (χ1n) is 11.8. The van der Waals surface area contributed by atoms with E-state index in [9.17, 15) is 41.0 Å². The summed E-state index contributed by atoms with van der Waals surface area (Å²) in [7, 11) is 1.26. The van der Waals surface area contributed by atoms with Gasteiger partial charge in [0.25, 0.3) is 5.92 Å². The van der Waals surface area contributed by atoms with E-state index < -0.39 is 67.1 Å². The molecule has 9 nitrogen and oxygen atoms in total. The van der Waals surface area contributed by atoms with E-state index in [0.717, 1.165) is 21.6 Å². The molecule has 0 amide bonds. The average molecular weight is 594 g/mol. The minimum Gasteiger partial charge on any atom is -0.480 e. The number of carbonyl (C=O) groups is 2. The largest absolute Gasteiger partial charge is 0.480 e. The molecule has 1 aromatic carbocycles. The van der Waals surface area contributed by atoms with Crippen LogP contribution in [0.3, 0.4) is 0 Å². The number of likely N-dealkylation sites (tertiary alicyclic amines) is 1. The van der Waals surface area contributed by atoms with Crippen molar-refractivity contribution in [3.8, 4) is 0 Å². The van der Waals surface area contributed by atoms with Crippen molar-refractivity contribution < 1.29 is 45.8 Å². The molecule has 40 heavy (non-hydrogen) atoms. The Hall–Kier alpha value is -3.59. The van der Waals surface area contributed by atoms with E-state index in [-0.39, 0.29) is 40.1 Å². The van der Waals surface area contributed by atoms with Crippen molar-refractivity contribution in [2.75, 3.05) is 19.7 Å². The molecule has 0 bridgehead atoms. The molecule has 2 aliphatic rings. The van der Waals surface area contributed by atoms with Gasteiger partial charge in [0.15, 0.2) is 17.4 Å². The Balaban J connectivity index is 1.90. The Morgan fingerprint density at radius 2 is 2.00 bits per heavy atom. The van der Waals surface area contributed by atoms with Gasteiger partial charge in [-0.05, 0) is 19.1 Å². The van der Waals surface area contributed by atoms with Gasteiger partial charge in [-0.25, -0.2) is 22.9 Å². The lowest BCUT2D eigenvalue weighted by Crippen LogP contribution is -2.44. The number of rotatable bonds is 7. The zero-order valence-corrected chi connectivity index (χ0v) is 21.7. The molecule has 2 unspecified atom stereocenters. The number of aliphatic carboxylic acids is 1. The van der Waals surface area contributed by atoms with Gasteiger partial charge in [0.2, 0.25) is 0 Å². The number of aryl methyl sites for hydroxylation is 1. The lowest BCUT2D eigenvalue weighted by atomic mass is 9.95. The average Bonchev–Trinajstić information content (AvgIpc) is 3.37. The molecule has 2 atom stereocenters. The number of aromatic nitrogens is 2. The number of aliphatic imine (C=N–C) groups is 1. The SMILES string of the molecule is CCOC(=O)C1=C(CN2CC(F)(F)CC2C(=O)O)NC(c2nc(C(F)(F)F)cn2C)=NC1c1ccc(F)cc1Cl. The van der Waals surface area contributed by atoms with Crippen LogP contribution in [0.4, 0.5) is 26.3 Å². The second-order valence-electron chi connectivity index (χ2n) is 9.16. The normalized spacial score (nSPS) is 21.3. The second-order valence-corrected chi connectivity index (χ2v) is 9.57. The Morgan fingerprint density at radius 1 is 1.30 bits per heavy atom. The van der Waals surface area contributed by atoms with Crippen LogP contribution in [0, 0.1) is 5.82 Å². The molecule has 1 saturated heterocycles. The molecule has 0 spiro atoms. The fourth-order valence-electron chi connectivity index (χ4n) is 4.55. The third-order valence-electron chi connectivity index (χ3n) is 6.27. The molecule has 3 heterocycles. The standard InChI is InChI=1S/C24H22ClF6N5O4/c1-3-40-22(39)17-14(8-36-10-23(27,28)7-15(36)21(37)38)32-19(20-33-16(9-35(20)2)24(29,30)31)34-18(17)12-5-4-11(26)6-13(12)25/h4-6,9,15,18H,3,7-8,10H2,1-2H3,(H,32,34)(H,37,38). The third kappa shape index (κ3) is 5.94. The summed E-state index contributed by atoms with van der Waals surface area (Å²) in [6.45, 7) is -0.174. The third-order valence-corrected chi connectivity index (χ3v) is 6.60. The maximum Gasteiger partial charge on any atom is 0.434 e. The number of ether oxygens (including phenoxy) is 1. The van der Waals surface area contributed by atoms with Gasteiger partial charge in [-0.3, -0.25) is 14.7 Å². The first kappa shape index (κ1) is 29.4. The second kappa shape index (κ2) is 10.8. The number of hydrogen-bond acceptors (Lipinski definition) is 7. The molecule has 1 aromatic heterocycles. The summed E-state index contributed by atoms with van der Waals surface area (Å²) < 4.78 is 88.6. The smallest absolute Gasteiger partial charge is 0.434 e. The van der Waals surface area contributed by atoms with Crippen LogP contribution in [0.1, 0.15) is 36.5 Å². The molecule has 2 aliphatic heterocycles. The van der Waals surface area contributed by atoms with Crippen molar-refractivity contribution >= 4 is 29.4 Å². The number of hydrogen-bond donors (Lipinski definition) is 2. The molecule has 4 rings (SSSR count). The van der Waals surface area contributed by atoms with Crippen molar-refractivity contribution in [3.05, 3.63) is 63.6 Å². The lowest BCUT2D eigenvalue weighted by molar-refractivity contribution is -0.142. The molecule has 0 saturated carbocycles. The fraction of sp³-hybridized carbons (Fsp3) is 0.417. The number of carboxylic acids is 1. The predicted octanol–water partition coefficient (Wildman–Crippen LogP) is 3.93. The van der Waals surface area contributed by atoms with Crippen LogP contribution in [0.5, 0.6) is 0 Å². The maximum atomic E-state index is 14.2. The predicted molar refractivity (Wildman–Crippen MR) is 128 cm³/mol. The highest BCUT2D eigenvalue weighted by atomic mass is 35.5.